The quantitative estimate of drug-likeness (QED) is 0.580. The average molecular weight is 393 g/mol. The highest BCUT2D eigenvalue weighted by molar-refractivity contribution is 5.97. The number of amides is 1. The summed E-state index contributed by atoms with van der Waals surface area (Å²) in [5, 5.41) is 0. The molecule has 6 heteroatoms. The maximum absolute atomic E-state index is 12.8. The van der Waals surface area contributed by atoms with E-state index in [1.807, 2.05) is 42.5 Å². The summed E-state index contributed by atoms with van der Waals surface area (Å²) in [6, 6.07) is 12.9. The number of fused-ring (bicyclic) bond motifs is 1. The number of hydrogen-bond acceptors (Lipinski definition) is 5. The number of likely N-dealkylation sites (N-methyl/N-ethyl adjacent to an activating group) is 1. The summed E-state index contributed by atoms with van der Waals surface area (Å²) in [5.41, 5.74) is 4.19. The van der Waals surface area contributed by atoms with E-state index in [0.29, 0.717) is 18.7 Å². The third-order valence-electron chi connectivity index (χ3n) is 4.84. The third kappa shape index (κ3) is 4.83. The van der Waals surface area contributed by atoms with Crippen LogP contribution in [0.3, 0.4) is 0 Å². The van der Waals surface area contributed by atoms with E-state index in [9.17, 15) is 4.79 Å². The van der Waals surface area contributed by atoms with Crippen LogP contribution in [0, 0.1) is 0 Å². The van der Waals surface area contributed by atoms with Crippen molar-refractivity contribution < 1.29 is 14.3 Å². The molecule has 29 heavy (non-hydrogen) atoms. The fourth-order valence-corrected chi connectivity index (χ4v) is 3.12. The zero-order valence-electron chi connectivity index (χ0n) is 17.4. The van der Waals surface area contributed by atoms with E-state index in [-0.39, 0.29) is 5.91 Å². The Balaban J connectivity index is 1.65. The molecule has 1 heterocycles. The molecule has 0 radical (unpaired) electrons. The number of carbonyl (C=O) groups is 1. The highest BCUT2D eigenvalue weighted by atomic mass is 16.5. The Kier molecular flexibility index (Phi) is 6.65. The van der Waals surface area contributed by atoms with Gasteiger partial charge in [0.15, 0.2) is 0 Å². The summed E-state index contributed by atoms with van der Waals surface area (Å²) in [6.45, 7) is 5.03. The van der Waals surface area contributed by atoms with Crippen LogP contribution in [0.25, 0.3) is 11.0 Å². The molecule has 0 aliphatic rings. The van der Waals surface area contributed by atoms with Gasteiger partial charge in [-0.3, -0.25) is 4.79 Å². The maximum Gasteiger partial charge on any atom is 0.253 e. The normalized spacial score (nSPS) is 10.8. The summed E-state index contributed by atoms with van der Waals surface area (Å²) < 4.78 is 10.8. The van der Waals surface area contributed by atoms with Crippen LogP contribution in [0.5, 0.6) is 11.5 Å². The van der Waals surface area contributed by atoms with Crippen molar-refractivity contribution in [3.8, 4) is 11.5 Å². The van der Waals surface area contributed by atoms with Gasteiger partial charge in [0.1, 0.15) is 18.1 Å². The molecule has 0 bridgehead atoms. The SMILES string of the molecule is CCc1nc2ccc(C(=O)N(C)CCOc3ccc(OC)cc3)cc2nc1CC. The average Bonchev–Trinajstić information content (AvgIpc) is 2.77. The first kappa shape index (κ1) is 20.6. The molecule has 6 nitrogen and oxygen atoms in total. The molecule has 0 fully saturated rings. The Morgan fingerprint density at radius 2 is 1.55 bits per heavy atom. The number of ether oxygens (including phenoxy) is 2. The molecule has 0 aliphatic heterocycles. The number of methoxy groups -OCH3 is 1. The lowest BCUT2D eigenvalue weighted by Crippen LogP contribution is -2.30. The van der Waals surface area contributed by atoms with Crippen molar-refractivity contribution in [3.63, 3.8) is 0 Å². The van der Waals surface area contributed by atoms with E-state index in [2.05, 4.69) is 18.8 Å². The maximum atomic E-state index is 12.8. The van der Waals surface area contributed by atoms with Crippen LogP contribution >= 0.6 is 0 Å². The van der Waals surface area contributed by atoms with Crippen LogP contribution in [0.1, 0.15) is 35.6 Å². The van der Waals surface area contributed by atoms with E-state index in [4.69, 9.17) is 14.5 Å². The lowest BCUT2D eigenvalue weighted by molar-refractivity contribution is 0.0774. The van der Waals surface area contributed by atoms with Crippen molar-refractivity contribution in [1.82, 2.24) is 14.9 Å². The smallest absolute Gasteiger partial charge is 0.253 e. The number of aryl methyl sites for hydroxylation is 2. The zero-order chi connectivity index (χ0) is 20.8. The van der Waals surface area contributed by atoms with E-state index >= 15 is 0 Å². The van der Waals surface area contributed by atoms with Gasteiger partial charge in [0.2, 0.25) is 0 Å². The topological polar surface area (TPSA) is 64.6 Å². The zero-order valence-corrected chi connectivity index (χ0v) is 17.4. The third-order valence-corrected chi connectivity index (χ3v) is 4.84. The Morgan fingerprint density at radius 3 is 2.17 bits per heavy atom. The largest absolute Gasteiger partial charge is 0.497 e. The van der Waals surface area contributed by atoms with Crippen LogP contribution < -0.4 is 9.47 Å². The van der Waals surface area contributed by atoms with Crippen LogP contribution in [-0.4, -0.2) is 48.1 Å². The van der Waals surface area contributed by atoms with Crippen LogP contribution in [0.15, 0.2) is 42.5 Å². The minimum atomic E-state index is -0.0651. The van der Waals surface area contributed by atoms with Crippen LogP contribution in [0.2, 0.25) is 0 Å². The summed E-state index contributed by atoms with van der Waals surface area (Å²) in [6.07, 6.45) is 1.68. The van der Waals surface area contributed by atoms with Crippen molar-refractivity contribution in [2.45, 2.75) is 26.7 Å². The first-order chi connectivity index (χ1) is 14.0. The molecule has 0 atom stereocenters. The molecule has 2 aromatic carbocycles. The number of nitrogens with zero attached hydrogens (tertiary/aromatic N) is 3. The lowest BCUT2D eigenvalue weighted by atomic mass is 10.1. The van der Waals surface area contributed by atoms with Crippen molar-refractivity contribution in [1.29, 1.82) is 0 Å². The molecule has 0 aliphatic carbocycles. The van der Waals surface area contributed by atoms with E-state index in [1.165, 1.54) is 0 Å². The van der Waals surface area contributed by atoms with Crippen molar-refractivity contribution >= 4 is 16.9 Å². The van der Waals surface area contributed by atoms with Gasteiger partial charge < -0.3 is 14.4 Å². The van der Waals surface area contributed by atoms with Gasteiger partial charge in [-0.2, -0.15) is 0 Å². The van der Waals surface area contributed by atoms with Gasteiger partial charge in [-0.25, -0.2) is 9.97 Å². The lowest BCUT2D eigenvalue weighted by Gasteiger charge is -2.18. The van der Waals surface area contributed by atoms with Gasteiger partial charge in [0.05, 0.1) is 36.1 Å². The second-order valence-corrected chi connectivity index (χ2v) is 6.78. The van der Waals surface area contributed by atoms with Gasteiger partial charge in [-0.1, -0.05) is 13.8 Å². The molecule has 1 amide bonds. The standard InChI is InChI=1S/C23H27N3O3/c1-5-19-20(6-2)25-22-15-16(7-12-21(22)24-19)23(27)26(3)13-14-29-18-10-8-17(28-4)9-11-18/h7-12,15H,5-6,13-14H2,1-4H3. The Bertz CT molecular complexity index is 987. The molecule has 3 aromatic rings. The Hall–Kier alpha value is -3.15. The van der Waals surface area contributed by atoms with Gasteiger partial charge in [0.25, 0.3) is 5.91 Å². The number of benzene rings is 2. The molecular weight excluding hydrogens is 366 g/mol. The van der Waals surface area contributed by atoms with Gasteiger partial charge in [-0.15, -0.1) is 0 Å². The van der Waals surface area contributed by atoms with Crippen molar-refractivity contribution in [3.05, 3.63) is 59.4 Å². The fraction of sp³-hybridized carbons (Fsp3) is 0.348. The molecule has 152 valence electrons. The predicted molar refractivity (Wildman–Crippen MR) is 114 cm³/mol. The summed E-state index contributed by atoms with van der Waals surface area (Å²) in [5.74, 6) is 1.46. The summed E-state index contributed by atoms with van der Waals surface area (Å²) in [4.78, 5) is 23.9. The van der Waals surface area contributed by atoms with Crippen LogP contribution in [-0.2, 0) is 12.8 Å². The molecule has 1 aromatic heterocycles. The van der Waals surface area contributed by atoms with E-state index < -0.39 is 0 Å². The molecule has 3 rings (SSSR count). The van der Waals surface area contributed by atoms with E-state index in [1.54, 1.807) is 19.1 Å². The fourth-order valence-electron chi connectivity index (χ4n) is 3.12. The highest BCUT2D eigenvalue weighted by Crippen LogP contribution is 2.18. The highest BCUT2D eigenvalue weighted by Gasteiger charge is 2.14. The minimum absolute atomic E-state index is 0.0651. The minimum Gasteiger partial charge on any atom is -0.497 e. The van der Waals surface area contributed by atoms with Gasteiger partial charge >= 0.3 is 0 Å². The summed E-state index contributed by atoms with van der Waals surface area (Å²) >= 11 is 0. The predicted octanol–water partition coefficient (Wildman–Crippen LogP) is 3.91. The van der Waals surface area contributed by atoms with E-state index in [0.717, 1.165) is 46.8 Å². The number of rotatable bonds is 8. The molecular formula is C23H27N3O3. The number of hydrogen-bond donors (Lipinski definition) is 0. The first-order valence-electron chi connectivity index (χ1n) is 9.87. The second-order valence-electron chi connectivity index (χ2n) is 6.78. The Morgan fingerprint density at radius 1 is 0.931 bits per heavy atom. The molecule has 0 N–H and O–H groups in total. The monoisotopic (exact) mass is 393 g/mol. The van der Waals surface area contributed by atoms with Crippen molar-refractivity contribution in [2.75, 3.05) is 27.3 Å². The van der Waals surface area contributed by atoms with Gasteiger partial charge in [-0.05, 0) is 55.3 Å². The molecule has 0 saturated heterocycles. The first-order valence-corrected chi connectivity index (χ1v) is 9.87. The number of carbonyl (C=O) groups excluding carboxylic acids is 1. The van der Waals surface area contributed by atoms with Crippen LogP contribution in [0.4, 0.5) is 0 Å². The summed E-state index contributed by atoms with van der Waals surface area (Å²) in [7, 11) is 3.40. The molecule has 0 unspecified atom stereocenters. The Labute approximate surface area is 171 Å². The molecule has 0 saturated carbocycles. The van der Waals surface area contributed by atoms with Crippen molar-refractivity contribution in [2.24, 2.45) is 0 Å². The van der Waals surface area contributed by atoms with Gasteiger partial charge in [0, 0.05) is 12.6 Å². The number of aromatic nitrogens is 2. The second kappa shape index (κ2) is 9.37. The molecule has 0 spiro atoms.